The lowest BCUT2D eigenvalue weighted by Crippen LogP contribution is -2.33. The first kappa shape index (κ1) is 11.3. The van der Waals surface area contributed by atoms with E-state index in [1.165, 1.54) is 11.3 Å². The van der Waals surface area contributed by atoms with E-state index < -0.39 is 0 Å². The van der Waals surface area contributed by atoms with E-state index in [4.69, 9.17) is 0 Å². The molecule has 2 aromatic heterocycles. The van der Waals surface area contributed by atoms with Crippen molar-refractivity contribution in [1.29, 1.82) is 0 Å². The van der Waals surface area contributed by atoms with E-state index in [-0.39, 0.29) is 11.9 Å². The Morgan fingerprint density at radius 2 is 2.47 bits per heavy atom. The average Bonchev–Trinajstić information content (AvgIpc) is 2.99. The summed E-state index contributed by atoms with van der Waals surface area (Å²) in [6, 6.07) is 1.44. The third-order valence-corrected chi connectivity index (χ3v) is 2.44. The second kappa shape index (κ2) is 4.77. The fourth-order valence-corrected chi connectivity index (χ4v) is 1.49. The summed E-state index contributed by atoms with van der Waals surface area (Å²) < 4.78 is 6.22. The van der Waals surface area contributed by atoms with Gasteiger partial charge in [-0.3, -0.25) is 9.48 Å². The summed E-state index contributed by atoms with van der Waals surface area (Å²) in [4.78, 5) is 17.5. The Kier molecular flexibility index (Phi) is 3.17. The van der Waals surface area contributed by atoms with E-state index >= 15 is 0 Å². The normalized spacial score (nSPS) is 12.4. The predicted molar refractivity (Wildman–Crippen MR) is 57.7 cm³/mol. The zero-order valence-corrected chi connectivity index (χ0v) is 9.65. The molecule has 7 heteroatoms. The summed E-state index contributed by atoms with van der Waals surface area (Å²) >= 11 is 0. The standard InChI is InChI=1S/C10H13N5O2/c1-8(15-5-3-4-12-15)10(16)14(2)6-9-11-7-17-13-9/h3-5,7-8H,6H2,1-2H3/t8-/m1/s1. The number of rotatable bonds is 4. The number of aromatic nitrogens is 4. The van der Waals surface area contributed by atoms with Crippen LogP contribution in [0.5, 0.6) is 0 Å². The van der Waals surface area contributed by atoms with Crippen molar-refractivity contribution in [3.8, 4) is 0 Å². The van der Waals surface area contributed by atoms with Gasteiger partial charge in [0.25, 0.3) is 0 Å². The van der Waals surface area contributed by atoms with Gasteiger partial charge in [-0.1, -0.05) is 5.16 Å². The molecular formula is C10H13N5O2. The van der Waals surface area contributed by atoms with Crippen LogP contribution in [0.3, 0.4) is 0 Å². The third-order valence-electron chi connectivity index (χ3n) is 2.44. The fraction of sp³-hybridized carbons (Fsp3) is 0.400. The van der Waals surface area contributed by atoms with Crippen LogP contribution >= 0.6 is 0 Å². The predicted octanol–water partition coefficient (Wildman–Crippen LogP) is 0.486. The van der Waals surface area contributed by atoms with E-state index in [2.05, 4.69) is 19.8 Å². The minimum absolute atomic E-state index is 0.0569. The Labute approximate surface area is 98.0 Å². The van der Waals surface area contributed by atoms with Crippen molar-refractivity contribution >= 4 is 5.91 Å². The summed E-state index contributed by atoms with van der Waals surface area (Å²) in [6.45, 7) is 2.11. The number of hydrogen-bond acceptors (Lipinski definition) is 5. The number of nitrogens with zero attached hydrogens (tertiary/aromatic N) is 5. The molecule has 90 valence electrons. The third kappa shape index (κ3) is 2.49. The van der Waals surface area contributed by atoms with Gasteiger partial charge in [0.15, 0.2) is 5.82 Å². The Morgan fingerprint density at radius 3 is 3.06 bits per heavy atom. The summed E-state index contributed by atoms with van der Waals surface area (Å²) in [5.74, 6) is 0.423. The molecule has 2 heterocycles. The molecule has 0 N–H and O–H groups in total. The lowest BCUT2D eigenvalue weighted by atomic mass is 10.3. The molecule has 0 unspecified atom stereocenters. The SMILES string of the molecule is C[C@H](C(=O)N(C)Cc1ncon1)n1cccn1. The van der Waals surface area contributed by atoms with E-state index in [0.29, 0.717) is 12.4 Å². The van der Waals surface area contributed by atoms with Crippen LogP contribution in [0.4, 0.5) is 0 Å². The van der Waals surface area contributed by atoms with Gasteiger partial charge >= 0.3 is 0 Å². The van der Waals surface area contributed by atoms with Crippen molar-refractivity contribution in [2.75, 3.05) is 7.05 Å². The molecular weight excluding hydrogens is 222 g/mol. The molecule has 0 aromatic carbocycles. The number of carbonyl (C=O) groups excluding carboxylic acids is 1. The van der Waals surface area contributed by atoms with Gasteiger partial charge in [0.05, 0.1) is 6.54 Å². The lowest BCUT2D eigenvalue weighted by Gasteiger charge is -2.20. The van der Waals surface area contributed by atoms with Crippen molar-refractivity contribution < 1.29 is 9.32 Å². The first-order valence-corrected chi connectivity index (χ1v) is 5.18. The number of carbonyl (C=O) groups is 1. The molecule has 0 aliphatic rings. The Morgan fingerprint density at radius 1 is 1.65 bits per heavy atom. The molecule has 0 aliphatic heterocycles. The molecule has 7 nitrogen and oxygen atoms in total. The largest absolute Gasteiger partial charge is 0.343 e. The number of likely N-dealkylation sites (N-methyl/N-ethyl adjacent to an activating group) is 1. The molecule has 0 spiro atoms. The van der Waals surface area contributed by atoms with Crippen LogP contribution in [-0.2, 0) is 11.3 Å². The molecule has 2 rings (SSSR count). The van der Waals surface area contributed by atoms with E-state index in [1.807, 2.05) is 0 Å². The molecule has 0 radical (unpaired) electrons. The van der Waals surface area contributed by atoms with Crippen LogP contribution in [0, 0.1) is 0 Å². The molecule has 17 heavy (non-hydrogen) atoms. The minimum atomic E-state index is -0.345. The molecule has 0 bridgehead atoms. The van der Waals surface area contributed by atoms with Crippen molar-refractivity contribution in [2.24, 2.45) is 0 Å². The maximum atomic E-state index is 12.0. The van der Waals surface area contributed by atoms with Crippen LogP contribution in [0.1, 0.15) is 18.8 Å². The van der Waals surface area contributed by atoms with Gasteiger partial charge in [0.1, 0.15) is 6.04 Å². The summed E-state index contributed by atoms with van der Waals surface area (Å²) in [6.07, 6.45) is 4.64. The monoisotopic (exact) mass is 235 g/mol. The van der Waals surface area contributed by atoms with Crippen LogP contribution in [0.2, 0.25) is 0 Å². The number of amides is 1. The Hall–Kier alpha value is -2.18. The average molecular weight is 235 g/mol. The molecule has 1 amide bonds. The fourth-order valence-electron chi connectivity index (χ4n) is 1.49. The van der Waals surface area contributed by atoms with Gasteiger partial charge in [0.2, 0.25) is 12.3 Å². The van der Waals surface area contributed by atoms with E-state index in [1.54, 1.807) is 37.1 Å². The highest BCUT2D eigenvalue weighted by Crippen LogP contribution is 2.08. The van der Waals surface area contributed by atoms with E-state index in [9.17, 15) is 4.79 Å². The van der Waals surface area contributed by atoms with Crippen LogP contribution in [0.15, 0.2) is 29.4 Å². The smallest absolute Gasteiger partial charge is 0.247 e. The minimum Gasteiger partial charge on any atom is -0.343 e. The Bertz CT molecular complexity index is 465. The summed E-state index contributed by atoms with van der Waals surface area (Å²) in [5, 5.41) is 7.69. The van der Waals surface area contributed by atoms with Crippen LogP contribution in [0.25, 0.3) is 0 Å². The quantitative estimate of drug-likeness (QED) is 0.770. The van der Waals surface area contributed by atoms with Gasteiger partial charge in [0, 0.05) is 19.4 Å². The first-order valence-electron chi connectivity index (χ1n) is 5.18. The molecule has 0 saturated heterocycles. The molecule has 0 aliphatic carbocycles. The second-order valence-corrected chi connectivity index (χ2v) is 3.70. The van der Waals surface area contributed by atoms with Gasteiger partial charge in [-0.2, -0.15) is 10.1 Å². The van der Waals surface area contributed by atoms with Gasteiger partial charge in [-0.05, 0) is 13.0 Å². The first-order chi connectivity index (χ1) is 8.18. The molecule has 2 aromatic rings. The Balaban J connectivity index is 2.00. The van der Waals surface area contributed by atoms with Crippen molar-refractivity contribution in [3.63, 3.8) is 0 Å². The summed E-state index contributed by atoms with van der Waals surface area (Å²) in [7, 11) is 1.69. The maximum absolute atomic E-state index is 12.0. The van der Waals surface area contributed by atoms with Gasteiger partial charge in [-0.25, -0.2) is 0 Å². The van der Waals surface area contributed by atoms with Crippen LogP contribution in [-0.4, -0.2) is 37.8 Å². The van der Waals surface area contributed by atoms with Crippen molar-refractivity contribution in [1.82, 2.24) is 24.8 Å². The topological polar surface area (TPSA) is 77.0 Å². The van der Waals surface area contributed by atoms with Crippen molar-refractivity contribution in [3.05, 3.63) is 30.7 Å². The zero-order chi connectivity index (χ0) is 12.3. The molecule has 0 fully saturated rings. The highest BCUT2D eigenvalue weighted by molar-refractivity contribution is 5.79. The zero-order valence-electron chi connectivity index (χ0n) is 9.65. The number of hydrogen-bond donors (Lipinski definition) is 0. The maximum Gasteiger partial charge on any atom is 0.247 e. The van der Waals surface area contributed by atoms with Gasteiger partial charge < -0.3 is 9.42 Å². The lowest BCUT2D eigenvalue weighted by molar-refractivity contribution is -0.133. The molecule has 1 atom stereocenters. The van der Waals surface area contributed by atoms with Gasteiger partial charge in [-0.15, -0.1) is 0 Å². The van der Waals surface area contributed by atoms with Crippen molar-refractivity contribution in [2.45, 2.75) is 19.5 Å². The summed E-state index contributed by atoms with van der Waals surface area (Å²) in [5.41, 5.74) is 0. The van der Waals surface area contributed by atoms with Crippen LogP contribution < -0.4 is 0 Å². The van der Waals surface area contributed by atoms with E-state index in [0.717, 1.165) is 0 Å². The molecule has 0 saturated carbocycles. The second-order valence-electron chi connectivity index (χ2n) is 3.70. The highest BCUT2D eigenvalue weighted by atomic mass is 16.5. The highest BCUT2D eigenvalue weighted by Gasteiger charge is 2.20.